The smallest absolute Gasteiger partial charge is 0.348 e. The summed E-state index contributed by atoms with van der Waals surface area (Å²) in [4.78, 5) is 11.0. The summed E-state index contributed by atoms with van der Waals surface area (Å²) in [5, 5.41) is 1.83. The Morgan fingerprint density at radius 2 is 1.78 bits per heavy atom. The van der Waals surface area contributed by atoms with Gasteiger partial charge in [-0.05, 0) is 24.7 Å². The van der Waals surface area contributed by atoms with Gasteiger partial charge < -0.3 is 5.32 Å². The molecule has 0 aliphatic heterocycles. The van der Waals surface area contributed by atoms with E-state index in [0.29, 0.717) is 6.42 Å². The number of nitrogens with one attached hydrogen (secondary N) is 1. The Bertz CT molecular complexity index is 315. The van der Waals surface area contributed by atoms with Crippen molar-refractivity contribution in [2.75, 3.05) is 0 Å². The molecule has 1 rings (SSSR count). The summed E-state index contributed by atoms with van der Waals surface area (Å²) in [5.41, 5.74) is 0. The molecule has 0 saturated heterocycles. The van der Waals surface area contributed by atoms with Crippen LogP contribution in [-0.2, 0) is 4.79 Å². The first kappa shape index (κ1) is 15.2. The largest absolute Gasteiger partial charge is 0.463 e. The maximum Gasteiger partial charge on any atom is 0.463 e. The second-order valence-electron chi connectivity index (χ2n) is 4.76. The lowest BCUT2D eigenvalue weighted by Crippen LogP contribution is -2.53. The van der Waals surface area contributed by atoms with E-state index in [-0.39, 0.29) is 11.8 Å². The van der Waals surface area contributed by atoms with Crippen LogP contribution in [0, 0.1) is 11.8 Å². The van der Waals surface area contributed by atoms with Crippen molar-refractivity contribution in [2.24, 2.45) is 11.8 Å². The van der Waals surface area contributed by atoms with E-state index in [1.807, 2.05) is 12.2 Å². The van der Waals surface area contributed by atoms with Crippen LogP contribution >= 0.6 is 0 Å². The minimum absolute atomic E-state index is 0.0806. The quantitative estimate of drug-likeness (QED) is 0.786. The minimum Gasteiger partial charge on any atom is -0.348 e. The molecule has 1 aliphatic carbocycles. The number of hydrogen-bond donors (Lipinski definition) is 1. The zero-order valence-electron chi connectivity index (χ0n) is 10.2. The second-order valence-corrected chi connectivity index (χ2v) is 4.76. The second kappa shape index (κ2) is 5.01. The first-order valence-corrected chi connectivity index (χ1v) is 5.86. The molecule has 2 nitrogen and oxygen atoms in total. The van der Waals surface area contributed by atoms with Crippen LogP contribution in [0.2, 0.25) is 0 Å². The van der Waals surface area contributed by atoms with Crippen molar-refractivity contribution in [3.63, 3.8) is 0 Å². The van der Waals surface area contributed by atoms with Gasteiger partial charge in [-0.25, -0.2) is 0 Å². The molecule has 0 spiro atoms. The Morgan fingerprint density at radius 3 is 2.17 bits per heavy atom. The lowest BCUT2D eigenvalue weighted by molar-refractivity contribution is -0.270. The highest BCUT2D eigenvalue weighted by Gasteiger charge is 2.63. The number of halogens is 5. The van der Waals surface area contributed by atoms with E-state index >= 15 is 0 Å². The zero-order chi connectivity index (χ0) is 14.1. The van der Waals surface area contributed by atoms with Crippen molar-refractivity contribution in [3.8, 4) is 0 Å². The van der Waals surface area contributed by atoms with E-state index in [4.69, 9.17) is 0 Å². The van der Waals surface area contributed by atoms with Crippen molar-refractivity contribution in [1.82, 2.24) is 5.32 Å². The van der Waals surface area contributed by atoms with Gasteiger partial charge in [-0.15, -0.1) is 0 Å². The van der Waals surface area contributed by atoms with Gasteiger partial charge in [0.05, 0.1) is 0 Å². The normalized spacial score (nSPS) is 29.4. The number of carbonyl (C=O) groups excluding carboxylic acids is 1. The monoisotopic (exact) mass is 273 g/mol. The third kappa shape index (κ3) is 2.75. The number of rotatable bonds is 3. The van der Waals surface area contributed by atoms with Gasteiger partial charge >= 0.3 is 18.0 Å². The van der Waals surface area contributed by atoms with Gasteiger partial charge in [0.15, 0.2) is 0 Å². The molecule has 3 unspecified atom stereocenters. The van der Waals surface area contributed by atoms with E-state index in [9.17, 15) is 26.7 Å². The third-order valence-electron chi connectivity index (χ3n) is 3.71. The fraction of sp³-hybridized carbons (Fsp3) is 0.909. The summed E-state index contributed by atoms with van der Waals surface area (Å²) in [7, 11) is 0. The summed E-state index contributed by atoms with van der Waals surface area (Å²) in [6.45, 7) is 3.69. The van der Waals surface area contributed by atoms with E-state index in [1.165, 1.54) is 0 Å². The van der Waals surface area contributed by atoms with Gasteiger partial charge in [0, 0.05) is 6.04 Å². The van der Waals surface area contributed by atoms with Crippen molar-refractivity contribution in [1.29, 1.82) is 0 Å². The summed E-state index contributed by atoms with van der Waals surface area (Å²) < 4.78 is 61.5. The average Bonchev–Trinajstić information content (AvgIpc) is 2.58. The molecule has 0 bridgehead atoms. The molecule has 1 saturated carbocycles. The fourth-order valence-electron chi connectivity index (χ4n) is 2.42. The minimum atomic E-state index is -5.84. The van der Waals surface area contributed by atoms with Crippen LogP contribution in [0.3, 0.4) is 0 Å². The van der Waals surface area contributed by atoms with Crippen molar-refractivity contribution in [2.45, 2.75) is 51.3 Å². The Labute approximate surface area is 102 Å². The lowest BCUT2D eigenvalue weighted by Gasteiger charge is -2.24. The Hall–Kier alpha value is -0.880. The molecule has 0 aromatic heterocycles. The highest BCUT2D eigenvalue weighted by Crippen LogP contribution is 2.38. The van der Waals surface area contributed by atoms with Crippen LogP contribution in [0.5, 0.6) is 0 Å². The van der Waals surface area contributed by atoms with Gasteiger partial charge in [0.1, 0.15) is 0 Å². The average molecular weight is 273 g/mol. The molecule has 1 fully saturated rings. The maximum absolute atomic E-state index is 12.7. The Kier molecular flexibility index (Phi) is 4.23. The molecule has 1 aliphatic rings. The van der Waals surface area contributed by atoms with E-state index in [1.54, 1.807) is 6.92 Å². The molecule has 7 heteroatoms. The predicted octanol–water partition coefficient (Wildman–Crippen LogP) is 3.12. The van der Waals surface area contributed by atoms with E-state index < -0.39 is 24.0 Å². The molecule has 0 aromatic rings. The maximum atomic E-state index is 12.7. The molecular weight excluding hydrogens is 257 g/mol. The predicted molar refractivity (Wildman–Crippen MR) is 55.1 cm³/mol. The molecule has 1 amide bonds. The van der Waals surface area contributed by atoms with Crippen molar-refractivity contribution >= 4 is 5.91 Å². The lowest BCUT2D eigenvalue weighted by atomic mass is 9.93. The Balaban J connectivity index is 2.67. The first-order valence-electron chi connectivity index (χ1n) is 5.86. The summed E-state index contributed by atoms with van der Waals surface area (Å²) >= 11 is 0. The highest BCUT2D eigenvalue weighted by molar-refractivity contribution is 5.84. The SMILES string of the molecule is CCC1CCC(NC(=O)C(F)(F)C(F)(F)F)C1C. The van der Waals surface area contributed by atoms with Gasteiger partial charge in [-0.1, -0.05) is 20.3 Å². The van der Waals surface area contributed by atoms with Gasteiger partial charge in [0.2, 0.25) is 0 Å². The molecule has 0 aromatic carbocycles. The van der Waals surface area contributed by atoms with Crippen LogP contribution in [0.1, 0.15) is 33.1 Å². The standard InChI is InChI=1S/C11H16F5NO/c1-3-7-4-5-8(6(7)2)17-9(18)10(12,13)11(14,15)16/h6-8H,3-5H2,1-2H3,(H,17,18). The van der Waals surface area contributed by atoms with Gasteiger partial charge in [-0.3, -0.25) is 4.79 Å². The molecule has 106 valence electrons. The molecule has 0 radical (unpaired) electrons. The van der Waals surface area contributed by atoms with Crippen LogP contribution in [0.4, 0.5) is 22.0 Å². The van der Waals surface area contributed by atoms with Crippen molar-refractivity contribution in [3.05, 3.63) is 0 Å². The zero-order valence-corrected chi connectivity index (χ0v) is 10.2. The summed E-state index contributed by atoms with van der Waals surface area (Å²) in [6, 6.07) is -0.601. The third-order valence-corrected chi connectivity index (χ3v) is 3.71. The Morgan fingerprint density at radius 1 is 1.22 bits per heavy atom. The number of amides is 1. The molecule has 3 atom stereocenters. The first-order chi connectivity index (χ1) is 8.11. The van der Waals surface area contributed by atoms with Crippen LogP contribution < -0.4 is 5.32 Å². The van der Waals surface area contributed by atoms with Crippen molar-refractivity contribution < 1.29 is 26.7 Å². The topological polar surface area (TPSA) is 29.1 Å². The van der Waals surface area contributed by atoms with Crippen LogP contribution in [0.25, 0.3) is 0 Å². The van der Waals surface area contributed by atoms with Gasteiger partial charge in [0.25, 0.3) is 0 Å². The fourth-order valence-corrected chi connectivity index (χ4v) is 2.42. The van der Waals surface area contributed by atoms with Gasteiger partial charge in [-0.2, -0.15) is 22.0 Å². The van der Waals surface area contributed by atoms with E-state index in [2.05, 4.69) is 0 Å². The number of alkyl halides is 5. The molecule has 0 heterocycles. The van der Waals surface area contributed by atoms with Crippen LogP contribution in [-0.4, -0.2) is 24.0 Å². The molecule has 18 heavy (non-hydrogen) atoms. The molecule has 1 N–H and O–H groups in total. The highest BCUT2D eigenvalue weighted by atomic mass is 19.4. The van der Waals surface area contributed by atoms with Crippen LogP contribution in [0.15, 0.2) is 0 Å². The number of carbonyl (C=O) groups is 1. The van der Waals surface area contributed by atoms with E-state index in [0.717, 1.165) is 12.8 Å². The summed E-state index contributed by atoms with van der Waals surface area (Å²) in [5.74, 6) is -7.39. The molecular formula is C11H16F5NO. The number of hydrogen-bond acceptors (Lipinski definition) is 1. The summed E-state index contributed by atoms with van der Waals surface area (Å²) in [6.07, 6.45) is -3.84.